The molecule has 2 aromatic carbocycles. The van der Waals surface area contributed by atoms with Crippen LogP contribution in [-0.2, 0) is 0 Å². The second kappa shape index (κ2) is 5.63. The molecule has 0 saturated carbocycles. The molecule has 124 valence electrons. The van der Waals surface area contributed by atoms with E-state index in [-0.39, 0.29) is 6.04 Å². The molecule has 1 saturated heterocycles. The third kappa shape index (κ3) is 2.36. The zero-order valence-corrected chi connectivity index (χ0v) is 15.8. The van der Waals surface area contributed by atoms with Crippen molar-refractivity contribution in [1.82, 2.24) is 5.32 Å². The van der Waals surface area contributed by atoms with Crippen LogP contribution in [0.4, 0.5) is 5.69 Å². The number of hydrogen-bond acceptors (Lipinski definition) is 3. The number of ether oxygens (including phenoxy) is 2. The fourth-order valence-corrected chi connectivity index (χ4v) is 4.21. The lowest BCUT2D eigenvalue weighted by molar-refractivity contribution is 0.0464. The van der Waals surface area contributed by atoms with Gasteiger partial charge >= 0.3 is 0 Å². The first kappa shape index (κ1) is 15.7. The highest BCUT2D eigenvalue weighted by Crippen LogP contribution is 2.49. The smallest absolute Gasteiger partial charge is 0.188 e. The molecule has 2 heterocycles. The van der Waals surface area contributed by atoms with E-state index >= 15 is 0 Å². The van der Waals surface area contributed by atoms with Crippen LogP contribution in [0.2, 0.25) is 0 Å². The molecule has 24 heavy (non-hydrogen) atoms. The Bertz CT molecular complexity index is 811. The quantitative estimate of drug-likeness (QED) is 0.750. The lowest BCUT2D eigenvalue weighted by Crippen LogP contribution is -2.65. The molecule has 2 aromatic rings. The maximum absolute atomic E-state index is 6.44. The Labute approximate surface area is 154 Å². The summed E-state index contributed by atoms with van der Waals surface area (Å²) in [7, 11) is 1.66. The van der Waals surface area contributed by atoms with E-state index in [9.17, 15) is 0 Å². The maximum atomic E-state index is 6.44. The maximum Gasteiger partial charge on any atom is 0.188 e. The number of para-hydroxylation sites is 1. The van der Waals surface area contributed by atoms with Gasteiger partial charge in [-0.1, -0.05) is 28.1 Å². The third-order valence-corrected chi connectivity index (χ3v) is 5.40. The van der Waals surface area contributed by atoms with E-state index in [1.807, 2.05) is 41.3 Å². The molecule has 0 amide bonds. The van der Waals surface area contributed by atoms with Crippen LogP contribution in [0.25, 0.3) is 0 Å². The zero-order valence-electron chi connectivity index (χ0n) is 13.4. The fraction of sp³-hybridized carbons (Fsp3) is 0.278. The summed E-state index contributed by atoms with van der Waals surface area (Å²) in [5.41, 5.74) is 1.52. The van der Waals surface area contributed by atoms with Crippen molar-refractivity contribution in [2.75, 3.05) is 12.0 Å². The zero-order chi connectivity index (χ0) is 16.9. The highest BCUT2D eigenvalue weighted by Gasteiger charge is 2.49. The van der Waals surface area contributed by atoms with E-state index in [1.54, 1.807) is 7.11 Å². The molecule has 0 aliphatic carbocycles. The molecule has 4 nitrogen and oxygen atoms in total. The van der Waals surface area contributed by atoms with Gasteiger partial charge in [0.15, 0.2) is 22.3 Å². The molecular weight excluding hydrogens is 388 g/mol. The van der Waals surface area contributed by atoms with Crippen molar-refractivity contribution in [2.45, 2.75) is 25.1 Å². The summed E-state index contributed by atoms with van der Waals surface area (Å²) in [4.78, 5) is 2.04. The summed E-state index contributed by atoms with van der Waals surface area (Å²) in [5.74, 6) is 1.53. The third-order valence-electron chi connectivity index (χ3n) is 4.57. The SMILES string of the molecule is COc1cccc2c1O[C@]1(C)C[C@H]2NC(=S)N1c1ccc(Br)cc1. The van der Waals surface area contributed by atoms with Crippen LogP contribution in [0, 0.1) is 0 Å². The van der Waals surface area contributed by atoms with Crippen LogP contribution in [0.5, 0.6) is 11.5 Å². The summed E-state index contributed by atoms with van der Waals surface area (Å²) in [6.45, 7) is 2.07. The molecule has 2 aliphatic rings. The molecule has 1 N–H and O–H groups in total. The van der Waals surface area contributed by atoms with E-state index in [0.29, 0.717) is 5.11 Å². The topological polar surface area (TPSA) is 33.7 Å². The Kier molecular flexibility index (Phi) is 3.69. The monoisotopic (exact) mass is 404 g/mol. The molecule has 2 bridgehead atoms. The number of rotatable bonds is 2. The summed E-state index contributed by atoms with van der Waals surface area (Å²) >= 11 is 9.13. The standard InChI is InChI=1S/C18H17BrN2O2S/c1-18-10-14(13-4-3-5-15(22-2)16(13)23-18)20-17(24)21(18)12-8-6-11(19)7-9-12/h3-9,14H,10H2,1-2H3,(H,20,24)/t14-,18-/m1/s1. The van der Waals surface area contributed by atoms with E-state index < -0.39 is 5.72 Å². The number of halogens is 1. The first-order chi connectivity index (χ1) is 11.5. The van der Waals surface area contributed by atoms with Crippen LogP contribution >= 0.6 is 28.1 Å². The van der Waals surface area contributed by atoms with Gasteiger partial charge in [-0.3, -0.25) is 4.90 Å². The fourth-order valence-electron chi connectivity index (χ4n) is 3.50. The van der Waals surface area contributed by atoms with Crippen LogP contribution in [-0.4, -0.2) is 17.9 Å². The number of thiocarbonyl (C=S) groups is 1. The highest BCUT2D eigenvalue weighted by molar-refractivity contribution is 9.10. The Morgan fingerprint density at radius 1 is 1.29 bits per heavy atom. The minimum absolute atomic E-state index is 0.119. The molecule has 0 spiro atoms. The van der Waals surface area contributed by atoms with Crippen LogP contribution < -0.4 is 19.7 Å². The minimum atomic E-state index is -0.567. The second-order valence-corrected chi connectivity index (χ2v) is 7.48. The Balaban J connectivity index is 1.81. The normalized spacial score (nSPS) is 24.7. The summed E-state index contributed by atoms with van der Waals surface area (Å²) in [6.07, 6.45) is 0.795. The molecule has 6 heteroatoms. The molecule has 2 aliphatic heterocycles. The van der Waals surface area contributed by atoms with Crippen molar-refractivity contribution in [1.29, 1.82) is 0 Å². The van der Waals surface area contributed by atoms with Gasteiger partial charge in [0.25, 0.3) is 0 Å². The Morgan fingerprint density at radius 2 is 2.04 bits per heavy atom. The first-order valence-electron chi connectivity index (χ1n) is 7.74. The average molecular weight is 405 g/mol. The van der Waals surface area contributed by atoms with Crippen molar-refractivity contribution in [3.63, 3.8) is 0 Å². The number of hydrogen-bond donors (Lipinski definition) is 1. The van der Waals surface area contributed by atoms with E-state index in [1.165, 1.54) is 0 Å². The lowest BCUT2D eigenvalue weighted by atomic mass is 9.90. The van der Waals surface area contributed by atoms with Gasteiger partial charge in [0.05, 0.1) is 13.2 Å². The van der Waals surface area contributed by atoms with Gasteiger partial charge in [0, 0.05) is 22.1 Å². The van der Waals surface area contributed by atoms with Crippen LogP contribution in [0.15, 0.2) is 46.9 Å². The van der Waals surface area contributed by atoms with E-state index in [2.05, 4.69) is 34.2 Å². The van der Waals surface area contributed by atoms with Gasteiger partial charge in [-0.2, -0.15) is 0 Å². The molecule has 2 atom stereocenters. The van der Waals surface area contributed by atoms with Crippen molar-refractivity contribution in [2.24, 2.45) is 0 Å². The minimum Gasteiger partial charge on any atom is -0.493 e. The van der Waals surface area contributed by atoms with Gasteiger partial charge in [-0.05, 0) is 49.5 Å². The number of nitrogens with one attached hydrogen (secondary N) is 1. The van der Waals surface area contributed by atoms with Gasteiger partial charge in [-0.15, -0.1) is 0 Å². The van der Waals surface area contributed by atoms with Gasteiger partial charge in [-0.25, -0.2) is 0 Å². The second-order valence-electron chi connectivity index (χ2n) is 6.17. The van der Waals surface area contributed by atoms with Gasteiger partial charge < -0.3 is 14.8 Å². The van der Waals surface area contributed by atoms with Gasteiger partial charge in [0.2, 0.25) is 0 Å². The molecule has 0 aromatic heterocycles. The van der Waals surface area contributed by atoms with Gasteiger partial charge in [0.1, 0.15) is 0 Å². The van der Waals surface area contributed by atoms with Crippen molar-refractivity contribution < 1.29 is 9.47 Å². The van der Waals surface area contributed by atoms with Crippen molar-refractivity contribution >= 4 is 38.9 Å². The van der Waals surface area contributed by atoms with Crippen LogP contribution in [0.1, 0.15) is 24.9 Å². The predicted octanol–water partition coefficient (Wildman–Crippen LogP) is 4.39. The van der Waals surface area contributed by atoms with E-state index in [0.717, 1.165) is 33.6 Å². The molecule has 0 radical (unpaired) electrons. The molecular formula is C18H17BrN2O2S. The predicted molar refractivity (Wildman–Crippen MR) is 102 cm³/mol. The van der Waals surface area contributed by atoms with Crippen molar-refractivity contribution in [3.8, 4) is 11.5 Å². The molecule has 0 unspecified atom stereocenters. The number of anilines is 1. The largest absolute Gasteiger partial charge is 0.493 e. The molecule has 1 fully saturated rings. The van der Waals surface area contributed by atoms with E-state index in [4.69, 9.17) is 21.7 Å². The molecule has 4 rings (SSSR count). The van der Waals surface area contributed by atoms with Crippen molar-refractivity contribution in [3.05, 3.63) is 52.5 Å². The van der Waals surface area contributed by atoms with Crippen LogP contribution in [0.3, 0.4) is 0 Å². The first-order valence-corrected chi connectivity index (χ1v) is 8.94. The Hall–Kier alpha value is -1.79. The number of fused-ring (bicyclic) bond motifs is 4. The average Bonchev–Trinajstić information content (AvgIpc) is 2.55. The number of methoxy groups -OCH3 is 1. The summed E-state index contributed by atoms with van der Waals surface area (Å²) < 4.78 is 13.0. The summed E-state index contributed by atoms with van der Waals surface area (Å²) in [5, 5.41) is 4.12. The summed E-state index contributed by atoms with van der Waals surface area (Å²) in [6, 6.07) is 14.2. The lowest BCUT2D eigenvalue weighted by Gasteiger charge is -2.52. The highest BCUT2D eigenvalue weighted by atomic mass is 79.9. The number of nitrogens with zero attached hydrogens (tertiary/aromatic N) is 1. The Morgan fingerprint density at radius 3 is 2.75 bits per heavy atom. The number of benzene rings is 2.